The lowest BCUT2D eigenvalue weighted by Gasteiger charge is -2.32. The number of aromatic nitrogens is 2. The molecule has 1 atom stereocenters. The molecule has 0 spiro atoms. The van der Waals surface area contributed by atoms with Gasteiger partial charge in [0.05, 0.1) is 11.2 Å². The van der Waals surface area contributed by atoms with E-state index in [1.165, 1.54) is 0 Å². The normalized spacial score (nSPS) is 25.8. The maximum absolute atomic E-state index is 11.1. The van der Waals surface area contributed by atoms with Crippen LogP contribution in [0.4, 0.5) is 5.95 Å². The molecule has 3 heterocycles. The van der Waals surface area contributed by atoms with Gasteiger partial charge in [-0.2, -0.15) is 0 Å². The highest BCUT2D eigenvalue weighted by Crippen LogP contribution is 2.36. The van der Waals surface area contributed by atoms with Gasteiger partial charge in [-0.15, -0.1) is 0 Å². The number of carboxylic acids is 1. The van der Waals surface area contributed by atoms with Crippen molar-refractivity contribution in [3.8, 4) is 0 Å². The van der Waals surface area contributed by atoms with E-state index in [1.54, 1.807) is 12.4 Å². The Morgan fingerprint density at radius 2 is 1.88 bits per heavy atom. The third-order valence-electron chi connectivity index (χ3n) is 4.94. The minimum Gasteiger partial charge on any atom is -0.480 e. The SMILES string of the molecule is CC1(C)OB(c2cnc(N3CCNC(C(=O)O)C3)nc2)OC1(C)C. The van der Waals surface area contributed by atoms with Crippen LogP contribution in [0.25, 0.3) is 0 Å². The fraction of sp³-hybridized carbons (Fsp3) is 0.667. The second-order valence-corrected chi connectivity index (χ2v) is 7.20. The van der Waals surface area contributed by atoms with Crippen LogP contribution in [0.3, 0.4) is 0 Å². The Hall–Kier alpha value is -1.71. The fourth-order valence-corrected chi connectivity index (χ4v) is 2.69. The maximum atomic E-state index is 11.1. The third kappa shape index (κ3) is 3.11. The van der Waals surface area contributed by atoms with Gasteiger partial charge in [-0.1, -0.05) is 0 Å². The zero-order chi connectivity index (χ0) is 17.5. The second kappa shape index (κ2) is 5.98. The molecule has 0 bridgehead atoms. The summed E-state index contributed by atoms with van der Waals surface area (Å²) in [5.74, 6) is -0.350. The van der Waals surface area contributed by atoms with Crippen molar-refractivity contribution in [2.45, 2.75) is 44.9 Å². The smallest absolute Gasteiger partial charge is 0.480 e. The lowest BCUT2D eigenvalue weighted by Crippen LogP contribution is -2.54. The van der Waals surface area contributed by atoms with Crippen molar-refractivity contribution in [1.82, 2.24) is 15.3 Å². The molecular formula is C15H23BN4O4. The highest BCUT2D eigenvalue weighted by molar-refractivity contribution is 6.61. The molecule has 130 valence electrons. The summed E-state index contributed by atoms with van der Waals surface area (Å²) in [5.41, 5.74) is -0.0741. The number of carboxylic acid groups (broad SMARTS) is 1. The van der Waals surface area contributed by atoms with E-state index in [0.717, 1.165) is 5.46 Å². The zero-order valence-electron chi connectivity index (χ0n) is 14.4. The monoisotopic (exact) mass is 334 g/mol. The minimum atomic E-state index is -0.867. The van der Waals surface area contributed by atoms with Crippen LogP contribution in [0.2, 0.25) is 0 Å². The van der Waals surface area contributed by atoms with Gasteiger partial charge in [0.15, 0.2) is 0 Å². The first kappa shape index (κ1) is 17.1. The van der Waals surface area contributed by atoms with Crippen molar-refractivity contribution in [2.24, 2.45) is 0 Å². The van der Waals surface area contributed by atoms with Crippen molar-refractivity contribution < 1.29 is 19.2 Å². The summed E-state index contributed by atoms with van der Waals surface area (Å²) < 4.78 is 12.0. The number of nitrogens with zero attached hydrogens (tertiary/aromatic N) is 3. The molecule has 0 aliphatic carbocycles. The van der Waals surface area contributed by atoms with Crippen LogP contribution < -0.4 is 15.7 Å². The highest BCUT2D eigenvalue weighted by atomic mass is 16.7. The highest BCUT2D eigenvalue weighted by Gasteiger charge is 2.52. The van der Waals surface area contributed by atoms with Crippen molar-refractivity contribution in [3.05, 3.63) is 12.4 Å². The van der Waals surface area contributed by atoms with Crippen LogP contribution in [-0.4, -0.2) is 65.0 Å². The number of nitrogens with one attached hydrogen (secondary N) is 1. The van der Waals surface area contributed by atoms with Gasteiger partial charge in [-0.05, 0) is 27.7 Å². The van der Waals surface area contributed by atoms with Crippen LogP contribution >= 0.6 is 0 Å². The fourth-order valence-electron chi connectivity index (χ4n) is 2.69. The summed E-state index contributed by atoms with van der Waals surface area (Å²) in [6, 6.07) is -0.606. The number of rotatable bonds is 3. The summed E-state index contributed by atoms with van der Waals surface area (Å²) in [7, 11) is -0.501. The Labute approximate surface area is 141 Å². The van der Waals surface area contributed by atoms with E-state index >= 15 is 0 Å². The zero-order valence-corrected chi connectivity index (χ0v) is 14.4. The average Bonchev–Trinajstić information content (AvgIpc) is 2.76. The minimum absolute atomic E-state index is 0.338. The molecule has 9 heteroatoms. The summed E-state index contributed by atoms with van der Waals surface area (Å²) in [5, 5.41) is 12.1. The first-order valence-corrected chi connectivity index (χ1v) is 8.08. The first-order valence-electron chi connectivity index (χ1n) is 8.08. The molecule has 8 nitrogen and oxygen atoms in total. The van der Waals surface area contributed by atoms with E-state index in [0.29, 0.717) is 25.6 Å². The van der Waals surface area contributed by atoms with E-state index in [1.807, 2.05) is 32.6 Å². The van der Waals surface area contributed by atoms with E-state index in [-0.39, 0.29) is 0 Å². The molecule has 1 aromatic rings. The van der Waals surface area contributed by atoms with Gasteiger partial charge >= 0.3 is 13.1 Å². The maximum Gasteiger partial charge on any atom is 0.498 e. The Bertz CT molecular complexity index is 606. The number of anilines is 1. The summed E-state index contributed by atoms with van der Waals surface area (Å²) >= 11 is 0. The number of hydrogen-bond donors (Lipinski definition) is 2. The molecule has 2 saturated heterocycles. The number of hydrogen-bond acceptors (Lipinski definition) is 7. The molecule has 2 aliphatic rings. The number of piperazine rings is 1. The Morgan fingerprint density at radius 1 is 1.29 bits per heavy atom. The predicted molar refractivity (Wildman–Crippen MR) is 89.4 cm³/mol. The van der Waals surface area contributed by atoms with Gasteiger partial charge in [0.25, 0.3) is 0 Å². The van der Waals surface area contributed by atoms with E-state index in [9.17, 15) is 4.79 Å². The van der Waals surface area contributed by atoms with Crippen LogP contribution in [0.15, 0.2) is 12.4 Å². The van der Waals surface area contributed by atoms with E-state index < -0.39 is 30.3 Å². The molecule has 0 aromatic carbocycles. The molecule has 2 N–H and O–H groups in total. The van der Waals surface area contributed by atoms with Gasteiger partial charge in [0, 0.05) is 37.5 Å². The van der Waals surface area contributed by atoms with Crippen LogP contribution in [0.5, 0.6) is 0 Å². The molecular weight excluding hydrogens is 311 g/mol. The number of carbonyl (C=O) groups is 1. The second-order valence-electron chi connectivity index (χ2n) is 7.20. The lowest BCUT2D eigenvalue weighted by molar-refractivity contribution is -0.139. The topological polar surface area (TPSA) is 96.8 Å². The Balaban J connectivity index is 1.71. The van der Waals surface area contributed by atoms with Crippen LogP contribution in [0.1, 0.15) is 27.7 Å². The predicted octanol–water partition coefficient (Wildman–Crippen LogP) is -0.361. The van der Waals surface area contributed by atoms with E-state index in [4.69, 9.17) is 14.4 Å². The molecule has 1 unspecified atom stereocenters. The van der Waals surface area contributed by atoms with Crippen LogP contribution in [0, 0.1) is 0 Å². The summed E-state index contributed by atoms with van der Waals surface area (Å²) in [6.45, 7) is 9.57. The van der Waals surface area contributed by atoms with Gasteiger partial charge in [-0.25, -0.2) is 9.97 Å². The molecule has 1 aromatic heterocycles. The summed E-state index contributed by atoms with van der Waals surface area (Å²) in [4.78, 5) is 21.7. The van der Waals surface area contributed by atoms with Crippen molar-refractivity contribution in [3.63, 3.8) is 0 Å². The van der Waals surface area contributed by atoms with Crippen molar-refractivity contribution in [2.75, 3.05) is 24.5 Å². The average molecular weight is 334 g/mol. The van der Waals surface area contributed by atoms with Crippen LogP contribution in [-0.2, 0) is 14.1 Å². The van der Waals surface area contributed by atoms with Gasteiger partial charge in [0.1, 0.15) is 6.04 Å². The van der Waals surface area contributed by atoms with E-state index in [2.05, 4.69) is 15.3 Å². The first-order chi connectivity index (χ1) is 11.2. The number of aliphatic carboxylic acids is 1. The summed E-state index contributed by atoms with van der Waals surface area (Å²) in [6.07, 6.45) is 3.37. The quantitative estimate of drug-likeness (QED) is 0.724. The van der Waals surface area contributed by atoms with Gasteiger partial charge in [-0.3, -0.25) is 4.79 Å². The van der Waals surface area contributed by atoms with Gasteiger partial charge < -0.3 is 24.6 Å². The Morgan fingerprint density at radius 3 is 2.42 bits per heavy atom. The molecule has 0 radical (unpaired) electrons. The molecule has 2 aliphatic heterocycles. The van der Waals surface area contributed by atoms with Gasteiger partial charge in [0.2, 0.25) is 5.95 Å². The Kier molecular flexibility index (Phi) is 4.27. The standard InChI is InChI=1S/C15H23BN4O4/c1-14(2)15(3,4)24-16(23-14)10-7-18-13(19-8-10)20-6-5-17-11(9-20)12(21)22/h7-8,11,17H,5-6,9H2,1-4H3,(H,21,22). The molecule has 2 fully saturated rings. The van der Waals surface area contributed by atoms with Crippen molar-refractivity contribution in [1.29, 1.82) is 0 Å². The molecule has 24 heavy (non-hydrogen) atoms. The third-order valence-corrected chi connectivity index (χ3v) is 4.94. The molecule has 0 amide bonds. The molecule has 0 saturated carbocycles. The lowest BCUT2D eigenvalue weighted by atomic mass is 9.81. The molecule has 3 rings (SSSR count). The van der Waals surface area contributed by atoms with Crippen molar-refractivity contribution >= 4 is 24.5 Å². The largest absolute Gasteiger partial charge is 0.498 e.